The first-order valence-electron chi connectivity index (χ1n) is 8.77. The first kappa shape index (κ1) is 18.8. The Labute approximate surface area is 157 Å². The van der Waals surface area contributed by atoms with E-state index in [4.69, 9.17) is 4.74 Å². The summed E-state index contributed by atoms with van der Waals surface area (Å²) < 4.78 is 5.53. The molecule has 2 saturated heterocycles. The van der Waals surface area contributed by atoms with Crippen molar-refractivity contribution in [2.75, 3.05) is 26.2 Å². The van der Waals surface area contributed by atoms with Gasteiger partial charge in [0.2, 0.25) is 0 Å². The summed E-state index contributed by atoms with van der Waals surface area (Å²) in [6, 6.07) is 4.82. The van der Waals surface area contributed by atoms with Crippen molar-refractivity contribution in [2.24, 2.45) is 0 Å². The van der Waals surface area contributed by atoms with Gasteiger partial charge in [0.25, 0.3) is 17.7 Å². The van der Waals surface area contributed by atoms with Gasteiger partial charge in [-0.05, 0) is 44.0 Å². The maximum atomic E-state index is 12.6. The number of nitrogens with one attached hydrogen (secondary N) is 2. The van der Waals surface area contributed by atoms with Crippen LogP contribution in [0.2, 0.25) is 0 Å². The predicted molar refractivity (Wildman–Crippen MR) is 96.8 cm³/mol. The molecule has 4 rings (SSSR count). The van der Waals surface area contributed by atoms with Gasteiger partial charge >= 0.3 is 0 Å². The van der Waals surface area contributed by atoms with Crippen LogP contribution in [0, 0.1) is 0 Å². The molecule has 7 nitrogen and oxygen atoms in total. The Balaban J connectivity index is 0.00000196. The highest BCUT2D eigenvalue weighted by Gasteiger charge is 2.38. The van der Waals surface area contributed by atoms with Crippen molar-refractivity contribution >= 4 is 30.1 Å². The molecular weight excluding hydrogens is 358 g/mol. The quantitative estimate of drug-likeness (QED) is 0.761. The second-order valence-electron chi connectivity index (χ2n) is 6.78. The molecule has 26 heavy (non-hydrogen) atoms. The molecule has 1 aromatic rings. The van der Waals surface area contributed by atoms with Crippen molar-refractivity contribution in [1.82, 2.24) is 15.5 Å². The van der Waals surface area contributed by atoms with Gasteiger partial charge in [0.1, 0.15) is 0 Å². The second-order valence-corrected chi connectivity index (χ2v) is 6.78. The number of fused-ring (bicyclic) bond motifs is 1. The van der Waals surface area contributed by atoms with Crippen molar-refractivity contribution in [1.29, 1.82) is 0 Å². The lowest BCUT2D eigenvalue weighted by Gasteiger charge is -2.17. The summed E-state index contributed by atoms with van der Waals surface area (Å²) >= 11 is 0. The Kier molecular flexibility index (Phi) is 5.60. The number of nitrogens with zero attached hydrogens (tertiary/aromatic N) is 1. The Morgan fingerprint density at radius 1 is 1.23 bits per heavy atom. The number of imide groups is 1. The van der Waals surface area contributed by atoms with Gasteiger partial charge in [0, 0.05) is 24.8 Å². The first-order chi connectivity index (χ1) is 12.1. The Morgan fingerprint density at radius 3 is 2.73 bits per heavy atom. The van der Waals surface area contributed by atoms with Crippen molar-refractivity contribution in [3.63, 3.8) is 0 Å². The van der Waals surface area contributed by atoms with Gasteiger partial charge in [-0.15, -0.1) is 12.4 Å². The van der Waals surface area contributed by atoms with E-state index in [-0.39, 0.29) is 48.8 Å². The zero-order valence-corrected chi connectivity index (χ0v) is 15.1. The van der Waals surface area contributed by atoms with Crippen LogP contribution in [0.3, 0.4) is 0 Å². The topological polar surface area (TPSA) is 87.7 Å². The lowest BCUT2D eigenvalue weighted by Crippen LogP contribution is -2.36. The molecule has 2 fully saturated rings. The Morgan fingerprint density at radius 2 is 2.04 bits per heavy atom. The Bertz CT molecular complexity index is 727. The van der Waals surface area contributed by atoms with E-state index in [1.165, 1.54) is 11.0 Å². The lowest BCUT2D eigenvalue weighted by atomic mass is 10.0. The van der Waals surface area contributed by atoms with Crippen molar-refractivity contribution in [3.8, 4) is 0 Å². The number of carbonyl (C=O) groups excluding carboxylic acids is 3. The van der Waals surface area contributed by atoms with Crippen LogP contribution in [-0.4, -0.2) is 61.0 Å². The molecule has 2 unspecified atom stereocenters. The van der Waals surface area contributed by atoms with Crippen LogP contribution in [0.25, 0.3) is 0 Å². The summed E-state index contributed by atoms with van der Waals surface area (Å²) in [6.07, 6.45) is 2.62. The summed E-state index contributed by atoms with van der Waals surface area (Å²) in [5, 5.41) is 6.14. The van der Waals surface area contributed by atoms with E-state index >= 15 is 0 Å². The monoisotopic (exact) mass is 379 g/mol. The molecule has 0 saturated carbocycles. The molecular formula is C18H22ClN3O4. The number of hydrogen-bond acceptors (Lipinski definition) is 5. The lowest BCUT2D eigenvalue weighted by molar-refractivity contribution is 0.0475. The van der Waals surface area contributed by atoms with Crippen molar-refractivity contribution in [3.05, 3.63) is 34.9 Å². The van der Waals surface area contributed by atoms with Crippen LogP contribution < -0.4 is 10.6 Å². The SMILES string of the molecule is Cl.O=C(NC1CCNC1)c1ccc2c(c1)C(=O)N(CC1CCCO1)C2=O. The molecule has 8 heteroatoms. The van der Waals surface area contributed by atoms with Crippen molar-refractivity contribution < 1.29 is 19.1 Å². The maximum absolute atomic E-state index is 12.6. The van der Waals surface area contributed by atoms with Crippen LogP contribution in [0.5, 0.6) is 0 Å². The molecule has 3 amide bonds. The summed E-state index contributed by atoms with van der Waals surface area (Å²) in [7, 11) is 0. The van der Waals surface area contributed by atoms with Gasteiger partial charge in [0.15, 0.2) is 0 Å². The fourth-order valence-electron chi connectivity index (χ4n) is 3.64. The molecule has 3 aliphatic rings. The molecule has 0 radical (unpaired) electrons. The number of hydrogen-bond donors (Lipinski definition) is 2. The second kappa shape index (κ2) is 7.73. The molecule has 2 N–H and O–H groups in total. The standard InChI is InChI=1S/C18H21N3O4.ClH/c22-16(20-12-5-6-19-9-12)11-3-4-14-15(8-11)18(24)21(17(14)23)10-13-2-1-7-25-13;/h3-4,8,12-13,19H,1-2,5-7,9-10H2,(H,20,22);1H. The highest BCUT2D eigenvalue weighted by atomic mass is 35.5. The predicted octanol–water partition coefficient (Wildman–Crippen LogP) is 0.975. The average molecular weight is 380 g/mol. The third-order valence-electron chi connectivity index (χ3n) is 5.04. The van der Waals surface area contributed by atoms with E-state index in [2.05, 4.69) is 10.6 Å². The summed E-state index contributed by atoms with van der Waals surface area (Å²) in [5.41, 5.74) is 1.08. The third-order valence-corrected chi connectivity index (χ3v) is 5.04. The van der Waals surface area contributed by atoms with E-state index < -0.39 is 0 Å². The van der Waals surface area contributed by atoms with E-state index in [0.29, 0.717) is 23.3 Å². The van der Waals surface area contributed by atoms with Crippen LogP contribution >= 0.6 is 12.4 Å². The molecule has 0 spiro atoms. The van der Waals surface area contributed by atoms with Gasteiger partial charge in [0.05, 0.1) is 23.8 Å². The number of carbonyl (C=O) groups is 3. The van der Waals surface area contributed by atoms with Gasteiger partial charge in [-0.25, -0.2) is 0 Å². The van der Waals surface area contributed by atoms with E-state index in [1.807, 2.05) is 0 Å². The maximum Gasteiger partial charge on any atom is 0.261 e. The minimum Gasteiger partial charge on any atom is -0.376 e. The van der Waals surface area contributed by atoms with Crippen molar-refractivity contribution in [2.45, 2.75) is 31.4 Å². The highest BCUT2D eigenvalue weighted by Crippen LogP contribution is 2.26. The first-order valence-corrected chi connectivity index (χ1v) is 8.77. The third kappa shape index (κ3) is 3.47. The summed E-state index contributed by atoms with van der Waals surface area (Å²) in [6.45, 7) is 2.60. The molecule has 140 valence electrons. The van der Waals surface area contributed by atoms with Crippen LogP contribution in [0.1, 0.15) is 50.3 Å². The Hall–Kier alpha value is -1.96. The van der Waals surface area contributed by atoms with Crippen LogP contribution in [0.4, 0.5) is 0 Å². The summed E-state index contributed by atoms with van der Waals surface area (Å²) in [5.74, 6) is -0.857. The minimum atomic E-state index is -0.340. The van der Waals surface area contributed by atoms with E-state index in [0.717, 1.165) is 32.4 Å². The number of rotatable bonds is 4. The molecule has 0 aliphatic carbocycles. The van der Waals surface area contributed by atoms with Crippen LogP contribution in [-0.2, 0) is 4.74 Å². The van der Waals surface area contributed by atoms with E-state index in [9.17, 15) is 14.4 Å². The molecule has 3 aliphatic heterocycles. The minimum absolute atomic E-state index is 0. The van der Waals surface area contributed by atoms with E-state index in [1.54, 1.807) is 12.1 Å². The van der Waals surface area contributed by atoms with Gasteiger partial charge < -0.3 is 15.4 Å². The highest BCUT2D eigenvalue weighted by molar-refractivity contribution is 6.22. The number of ether oxygens (including phenoxy) is 1. The zero-order valence-electron chi connectivity index (χ0n) is 14.3. The molecule has 1 aromatic carbocycles. The zero-order chi connectivity index (χ0) is 17.4. The molecule has 0 aromatic heterocycles. The molecule has 3 heterocycles. The van der Waals surface area contributed by atoms with Gasteiger partial charge in [-0.3, -0.25) is 19.3 Å². The fraction of sp³-hybridized carbons (Fsp3) is 0.500. The van der Waals surface area contributed by atoms with Gasteiger partial charge in [-0.1, -0.05) is 0 Å². The average Bonchev–Trinajstić information content (AvgIpc) is 3.35. The smallest absolute Gasteiger partial charge is 0.261 e. The van der Waals surface area contributed by atoms with Gasteiger partial charge in [-0.2, -0.15) is 0 Å². The largest absolute Gasteiger partial charge is 0.376 e. The summed E-state index contributed by atoms with van der Waals surface area (Å²) in [4.78, 5) is 38.7. The number of amides is 3. The normalized spacial score (nSPS) is 24.5. The number of benzene rings is 1. The molecule has 0 bridgehead atoms. The molecule has 2 atom stereocenters. The fourth-order valence-corrected chi connectivity index (χ4v) is 3.64. The van der Waals surface area contributed by atoms with Crippen LogP contribution in [0.15, 0.2) is 18.2 Å². The number of halogens is 1.